The van der Waals surface area contributed by atoms with Crippen LogP contribution in [0, 0.1) is 10.8 Å². The molecule has 0 aromatic carbocycles. The van der Waals surface area contributed by atoms with Gasteiger partial charge in [-0.3, -0.25) is 9.59 Å². The maximum Gasteiger partial charge on any atom is 0.310 e. The minimum absolute atomic E-state index is 0.00857. The normalized spacial score (nSPS) is 18.9. The second kappa shape index (κ2) is 6.59. The van der Waals surface area contributed by atoms with Crippen LogP contribution in [0.4, 0.5) is 0 Å². The van der Waals surface area contributed by atoms with Crippen molar-refractivity contribution >= 4 is 11.9 Å². The second-order valence-corrected chi connectivity index (χ2v) is 6.51. The first-order valence-corrected chi connectivity index (χ1v) is 7.83. The van der Waals surface area contributed by atoms with Crippen LogP contribution in [0.3, 0.4) is 0 Å². The van der Waals surface area contributed by atoms with Crippen molar-refractivity contribution in [3.63, 3.8) is 0 Å². The Balaban J connectivity index is 2.66. The number of carboxylic acids is 1. The van der Waals surface area contributed by atoms with Crippen molar-refractivity contribution < 1.29 is 14.7 Å². The van der Waals surface area contributed by atoms with E-state index in [1.54, 1.807) is 0 Å². The van der Waals surface area contributed by atoms with Crippen molar-refractivity contribution in [2.24, 2.45) is 10.8 Å². The SMILES string of the molecule is CCC1(C)CCN(C(=O)CC(CC)(CC)C(=O)O)CC1. The Kier molecular flexibility index (Phi) is 5.60. The predicted octanol–water partition coefficient (Wildman–Crippen LogP) is 3.31. The van der Waals surface area contributed by atoms with Crippen LogP contribution in [0.1, 0.15) is 66.2 Å². The van der Waals surface area contributed by atoms with E-state index in [4.69, 9.17) is 0 Å². The Morgan fingerprint density at radius 1 is 1.15 bits per heavy atom. The zero-order valence-corrected chi connectivity index (χ0v) is 13.4. The molecule has 4 heteroatoms. The van der Waals surface area contributed by atoms with E-state index in [1.165, 1.54) is 0 Å². The van der Waals surface area contributed by atoms with Gasteiger partial charge in [-0.25, -0.2) is 0 Å². The molecule has 1 aliphatic heterocycles. The molecule has 1 aliphatic rings. The Morgan fingerprint density at radius 2 is 1.65 bits per heavy atom. The number of carbonyl (C=O) groups excluding carboxylic acids is 1. The minimum Gasteiger partial charge on any atom is -0.481 e. The molecule has 1 rings (SSSR count). The molecule has 0 radical (unpaired) electrons. The average molecular weight is 283 g/mol. The molecule has 0 aromatic heterocycles. The van der Waals surface area contributed by atoms with Gasteiger partial charge in [-0.2, -0.15) is 0 Å². The van der Waals surface area contributed by atoms with Gasteiger partial charge in [0.1, 0.15) is 0 Å². The predicted molar refractivity (Wildman–Crippen MR) is 79.5 cm³/mol. The van der Waals surface area contributed by atoms with E-state index in [2.05, 4.69) is 13.8 Å². The number of hydrogen-bond donors (Lipinski definition) is 1. The summed E-state index contributed by atoms with van der Waals surface area (Å²) in [6, 6.07) is 0. The molecule has 1 heterocycles. The van der Waals surface area contributed by atoms with Gasteiger partial charge in [-0.1, -0.05) is 34.1 Å². The largest absolute Gasteiger partial charge is 0.481 e. The van der Waals surface area contributed by atoms with E-state index < -0.39 is 11.4 Å². The van der Waals surface area contributed by atoms with Gasteiger partial charge in [0.05, 0.1) is 5.41 Å². The molecule has 0 spiro atoms. The van der Waals surface area contributed by atoms with Crippen molar-refractivity contribution in [2.75, 3.05) is 13.1 Å². The lowest BCUT2D eigenvalue weighted by Gasteiger charge is -2.40. The number of aliphatic carboxylic acids is 1. The number of hydrogen-bond acceptors (Lipinski definition) is 2. The lowest BCUT2D eigenvalue weighted by molar-refractivity contribution is -0.155. The number of piperidine rings is 1. The van der Waals surface area contributed by atoms with Gasteiger partial charge in [0.2, 0.25) is 5.91 Å². The van der Waals surface area contributed by atoms with Crippen molar-refractivity contribution in [3.05, 3.63) is 0 Å². The van der Waals surface area contributed by atoms with Gasteiger partial charge in [-0.15, -0.1) is 0 Å². The van der Waals surface area contributed by atoms with E-state index >= 15 is 0 Å². The first-order chi connectivity index (χ1) is 9.32. The third-order valence-corrected chi connectivity index (χ3v) is 5.47. The zero-order chi connectivity index (χ0) is 15.4. The van der Waals surface area contributed by atoms with Crippen LogP contribution >= 0.6 is 0 Å². The molecule has 1 N–H and O–H groups in total. The fourth-order valence-electron chi connectivity index (χ4n) is 2.93. The summed E-state index contributed by atoms with van der Waals surface area (Å²) in [7, 11) is 0. The number of nitrogens with zero attached hydrogens (tertiary/aromatic N) is 1. The molecule has 0 saturated carbocycles. The van der Waals surface area contributed by atoms with Crippen molar-refractivity contribution in [1.29, 1.82) is 0 Å². The summed E-state index contributed by atoms with van der Waals surface area (Å²) in [5.74, 6) is -0.833. The number of carboxylic acid groups (broad SMARTS) is 1. The molecule has 20 heavy (non-hydrogen) atoms. The van der Waals surface area contributed by atoms with E-state index in [-0.39, 0.29) is 12.3 Å². The van der Waals surface area contributed by atoms with Crippen LogP contribution in [0.5, 0.6) is 0 Å². The Labute approximate surface area is 122 Å². The fraction of sp³-hybridized carbons (Fsp3) is 0.875. The lowest BCUT2D eigenvalue weighted by Crippen LogP contribution is -2.45. The first-order valence-electron chi connectivity index (χ1n) is 7.83. The molecule has 1 amide bonds. The van der Waals surface area contributed by atoms with E-state index in [0.717, 1.165) is 32.4 Å². The van der Waals surface area contributed by atoms with Crippen molar-refractivity contribution in [1.82, 2.24) is 4.90 Å². The molecule has 0 atom stereocenters. The van der Waals surface area contributed by atoms with Crippen LogP contribution in [0.15, 0.2) is 0 Å². The van der Waals surface area contributed by atoms with Gasteiger partial charge >= 0.3 is 5.97 Å². The summed E-state index contributed by atoms with van der Waals surface area (Å²) in [6.45, 7) is 9.72. The third kappa shape index (κ3) is 3.53. The second-order valence-electron chi connectivity index (χ2n) is 6.51. The van der Waals surface area contributed by atoms with Crippen molar-refractivity contribution in [3.8, 4) is 0 Å². The van der Waals surface area contributed by atoms with E-state index in [0.29, 0.717) is 18.3 Å². The molecule has 116 valence electrons. The van der Waals surface area contributed by atoms with E-state index in [1.807, 2.05) is 18.7 Å². The molecule has 0 aromatic rings. The standard InChI is InChI=1S/C16H29NO3/c1-5-15(4)8-10-17(11-9-15)13(18)12-16(6-2,7-3)14(19)20/h5-12H2,1-4H3,(H,19,20). The van der Waals surface area contributed by atoms with Gasteiger partial charge in [0.15, 0.2) is 0 Å². The minimum atomic E-state index is -0.886. The number of likely N-dealkylation sites (tertiary alicyclic amines) is 1. The van der Waals surface area contributed by atoms with Crippen LogP contribution in [-0.2, 0) is 9.59 Å². The van der Waals surface area contributed by atoms with Crippen molar-refractivity contribution in [2.45, 2.75) is 66.2 Å². The summed E-state index contributed by atoms with van der Waals surface area (Å²) >= 11 is 0. The van der Waals surface area contributed by atoms with E-state index in [9.17, 15) is 14.7 Å². The summed E-state index contributed by atoms with van der Waals surface area (Å²) in [5, 5.41) is 9.42. The van der Waals surface area contributed by atoms with Crippen LogP contribution in [0.25, 0.3) is 0 Å². The zero-order valence-electron chi connectivity index (χ0n) is 13.4. The van der Waals surface area contributed by atoms with Crippen LogP contribution in [0.2, 0.25) is 0 Å². The Hall–Kier alpha value is -1.06. The lowest BCUT2D eigenvalue weighted by atomic mass is 9.76. The molecule has 1 fully saturated rings. The molecular formula is C16H29NO3. The highest BCUT2D eigenvalue weighted by Gasteiger charge is 2.39. The van der Waals surface area contributed by atoms with Gasteiger partial charge in [0.25, 0.3) is 0 Å². The maximum absolute atomic E-state index is 12.4. The molecule has 0 bridgehead atoms. The molecule has 1 saturated heterocycles. The molecule has 4 nitrogen and oxygen atoms in total. The summed E-state index contributed by atoms with van der Waals surface area (Å²) in [5.41, 5.74) is -0.543. The summed E-state index contributed by atoms with van der Waals surface area (Å²) in [6.07, 6.45) is 4.33. The summed E-state index contributed by atoms with van der Waals surface area (Å²) in [4.78, 5) is 25.7. The smallest absolute Gasteiger partial charge is 0.310 e. The molecule has 0 unspecified atom stereocenters. The highest BCUT2D eigenvalue weighted by atomic mass is 16.4. The quantitative estimate of drug-likeness (QED) is 0.813. The maximum atomic E-state index is 12.4. The number of amides is 1. The summed E-state index contributed by atoms with van der Waals surface area (Å²) < 4.78 is 0. The highest BCUT2D eigenvalue weighted by Crippen LogP contribution is 2.36. The average Bonchev–Trinajstić information content (AvgIpc) is 2.45. The molecule has 0 aliphatic carbocycles. The Morgan fingerprint density at radius 3 is 2.00 bits per heavy atom. The highest BCUT2D eigenvalue weighted by molar-refractivity contribution is 5.85. The third-order valence-electron chi connectivity index (χ3n) is 5.47. The fourth-order valence-corrected chi connectivity index (χ4v) is 2.93. The Bertz CT molecular complexity index is 353. The molecular weight excluding hydrogens is 254 g/mol. The van der Waals surface area contributed by atoms with Gasteiger partial charge in [0, 0.05) is 19.5 Å². The van der Waals surface area contributed by atoms with Gasteiger partial charge in [-0.05, 0) is 31.1 Å². The van der Waals surface area contributed by atoms with Gasteiger partial charge < -0.3 is 10.0 Å². The van der Waals surface area contributed by atoms with Crippen LogP contribution in [-0.4, -0.2) is 35.0 Å². The van der Waals surface area contributed by atoms with Crippen LogP contribution < -0.4 is 0 Å². The number of carbonyl (C=O) groups is 2. The topological polar surface area (TPSA) is 57.6 Å². The monoisotopic (exact) mass is 283 g/mol. The first kappa shape index (κ1) is 17.0. The number of rotatable bonds is 6.